The zero-order valence-electron chi connectivity index (χ0n) is 7.47. The van der Waals surface area contributed by atoms with Crippen molar-refractivity contribution in [1.29, 1.82) is 0 Å². The Bertz CT molecular complexity index is 332. The number of aromatic nitrogens is 2. The summed E-state index contributed by atoms with van der Waals surface area (Å²) in [6, 6.07) is 0. The molecular formula is C8H10N2O4. The molecule has 6 heteroatoms. The lowest BCUT2D eigenvalue weighted by Crippen LogP contribution is -2.14. The lowest BCUT2D eigenvalue weighted by atomic mass is 9.83. The number of rotatable bonds is 4. The van der Waals surface area contributed by atoms with Gasteiger partial charge in [-0.3, -0.25) is 0 Å². The third-order valence-corrected chi connectivity index (χ3v) is 2.31. The van der Waals surface area contributed by atoms with Gasteiger partial charge >= 0.3 is 5.97 Å². The Kier molecular flexibility index (Phi) is 2.34. The summed E-state index contributed by atoms with van der Waals surface area (Å²) in [4.78, 5) is 10.3. The molecular weight excluding hydrogens is 188 g/mol. The van der Waals surface area contributed by atoms with Crippen LogP contribution >= 0.6 is 0 Å². The first-order chi connectivity index (χ1) is 6.77. The molecule has 0 spiro atoms. The van der Waals surface area contributed by atoms with Crippen molar-refractivity contribution in [3.05, 3.63) is 5.69 Å². The van der Waals surface area contributed by atoms with Gasteiger partial charge in [0, 0.05) is 5.92 Å². The van der Waals surface area contributed by atoms with E-state index in [1.165, 1.54) is 0 Å². The second kappa shape index (κ2) is 3.65. The summed E-state index contributed by atoms with van der Waals surface area (Å²) in [5, 5.41) is 15.6. The number of hydrogen-bond acceptors (Lipinski definition) is 5. The van der Waals surface area contributed by atoms with Gasteiger partial charge in [-0.15, -0.1) is 0 Å². The highest BCUT2D eigenvalue weighted by atomic mass is 16.6. The van der Waals surface area contributed by atoms with Crippen LogP contribution in [-0.2, 0) is 4.79 Å². The zero-order chi connectivity index (χ0) is 9.97. The highest BCUT2D eigenvalue weighted by molar-refractivity contribution is 5.68. The lowest BCUT2D eigenvalue weighted by Gasteiger charge is -2.22. The minimum absolute atomic E-state index is 0.220. The molecule has 0 unspecified atom stereocenters. The molecule has 0 amide bonds. The van der Waals surface area contributed by atoms with Crippen LogP contribution in [0.25, 0.3) is 0 Å². The maximum absolute atomic E-state index is 10.3. The Morgan fingerprint density at radius 1 is 1.57 bits per heavy atom. The summed E-state index contributed by atoms with van der Waals surface area (Å²) < 4.78 is 9.45. The molecule has 0 atom stereocenters. The Labute approximate surface area is 79.8 Å². The van der Waals surface area contributed by atoms with E-state index in [4.69, 9.17) is 9.84 Å². The highest BCUT2D eigenvalue weighted by Gasteiger charge is 2.27. The molecule has 1 heterocycles. The van der Waals surface area contributed by atoms with Crippen LogP contribution in [0.15, 0.2) is 4.63 Å². The standard InChI is InChI=1S/C8H10N2O4/c11-6(12)4-13-8-7(9-14-10-8)5-2-1-3-5/h5H,1-4H2,(H,11,12). The third-order valence-electron chi connectivity index (χ3n) is 2.31. The van der Waals surface area contributed by atoms with Gasteiger partial charge in [-0.05, 0) is 18.0 Å². The summed E-state index contributed by atoms with van der Waals surface area (Å²) in [7, 11) is 0. The quantitative estimate of drug-likeness (QED) is 0.770. The van der Waals surface area contributed by atoms with Crippen LogP contribution in [0.1, 0.15) is 30.9 Å². The van der Waals surface area contributed by atoms with Crippen molar-refractivity contribution in [2.45, 2.75) is 25.2 Å². The molecule has 76 valence electrons. The normalized spacial score (nSPS) is 16.3. The van der Waals surface area contributed by atoms with Gasteiger partial charge in [0.05, 0.1) is 0 Å². The number of hydrogen-bond donors (Lipinski definition) is 1. The Morgan fingerprint density at radius 3 is 2.93 bits per heavy atom. The summed E-state index contributed by atoms with van der Waals surface area (Å²) in [6.07, 6.45) is 3.24. The topological polar surface area (TPSA) is 85.5 Å². The molecule has 1 saturated carbocycles. The second-order valence-electron chi connectivity index (χ2n) is 3.26. The average molecular weight is 198 g/mol. The van der Waals surface area contributed by atoms with Crippen LogP contribution in [0.2, 0.25) is 0 Å². The number of carboxylic acids is 1. The minimum Gasteiger partial charge on any atom is -0.479 e. The van der Waals surface area contributed by atoms with E-state index in [1.54, 1.807) is 0 Å². The van der Waals surface area contributed by atoms with Gasteiger partial charge in [0.2, 0.25) is 0 Å². The molecule has 1 aromatic heterocycles. The van der Waals surface area contributed by atoms with Crippen molar-refractivity contribution in [3.8, 4) is 5.88 Å². The number of nitrogens with zero attached hydrogens (tertiary/aromatic N) is 2. The number of carbonyl (C=O) groups is 1. The fraction of sp³-hybridized carbons (Fsp3) is 0.625. The molecule has 0 saturated heterocycles. The van der Waals surface area contributed by atoms with Crippen molar-refractivity contribution in [2.75, 3.05) is 6.61 Å². The van der Waals surface area contributed by atoms with Gasteiger partial charge in [-0.25, -0.2) is 9.42 Å². The average Bonchev–Trinajstić information content (AvgIpc) is 2.46. The van der Waals surface area contributed by atoms with Gasteiger partial charge < -0.3 is 9.84 Å². The van der Waals surface area contributed by atoms with Crippen molar-refractivity contribution in [3.63, 3.8) is 0 Å². The molecule has 0 radical (unpaired) electrons. The molecule has 0 aliphatic heterocycles. The smallest absolute Gasteiger partial charge is 0.341 e. The van der Waals surface area contributed by atoms with E-state index in [0.29, 0.717) is 11.6 Å². The van der Waals surface area contributed by atoms with Gasteiger partial charge in [0.25, 0.3) is 5.88 Å². The molecule has 1 N–H and O–H groups in total. The Morgan fingerprint density at radius 2 is 2.36 bits per heavy atom. The van der Waals surface area contributed by atoms with Crippen LogP contribution in [-0.4, -0.2) is 28.0 Å². The van der Waals surface area contributed by atoms with Gasteiger partial charge in [0.1, 0.15) is 0 Å². The van der Waals surface area contributed by atoms with Crippen LogP contribution in [0.5, 0.6) is 5.88 Å². The van der Waals surface area contributed by atoms with E-state index in [9.17, 15) is 4.79 Å². The molecule has 0 aromatic carbocycles. The van der Waals surface area contributed by atoms with Crippen molar-refractivity contribution in [1.82, 2.24) is 10.3 Å². The molecule has 1 aromatic rings. The maximum Gasteiger partial charge on any atom is 0.341 e. The highest BCUT2D eigenvalue weighted by Crippen LogP contribution is 2.38. The van der Waals surface area contributed by atoms with E-state index in [-0.39, 0.29) is 5.88 Å². The monoisotopic (exact) mass is 198 g/mol. The first kappa shape index (κ1) is 8.98. The first-order valence-electron chi connectivity index (χ1n) is 4.44. The third kappa shape index (κ3) is 1.68. The number of carboxylic acid groups (broad SMARTS) is 1. The summed E-state index contributed by atoms with van der Waals surface area (Å²) >= 11 is 0. The van der Waals surface area contributed by atoms with E-state index in [2.05, 4.69) is 14.9 Å². The molecule has 1 aliphatic carbocycles. The largest absolute Gasteiger partial charge is 0.479 e. The van der Waals surface area contributed by atoms with Crippen molar-refractivity contribution in [2.24, 2.45) is 0 Å². The number of ether oxygens (including phenoxy) is 1. The van der Waals surface area contributed by atoms with E-state index >= 15 is 0 Å². The number of aliphatic carboxylic acids is 1. The van der Waals surface area contributed by atoms with E-state index in [1.807, 2.05) is 0 Å². The molecule has 14 heavy (non-hydrogen) atoms. The van der Waals surface area contributed by atoms with E-state index < -0.39 is 12.6 Å². The molecule has 1 aliphatic rings. The van der Waals surface area contributed by atoms with Crippen LogP contribution in [0.3, 0.4) is 0 Å². The molecule has 1 fully saturated rings. The summed E-state index contributed by atoms with van der Waals surface area (Å²) in [6.45, 7) is -0.409. The Hall–Kier alpha value is -1.59. The molecule has 2 rings (SSSR count). The summed E-state index contributed by atoms with van der Waals surface area (Å²) in [5.41, 5.74) is 0.650. The minimum atomic E-state index is -1.03. The lowest BCUT2D eigenvalue weighted by molar-refractivity contribution is -0.139. The van der Waals surface area contributed by atoms with E-state index in [0.717, 1.165) is 19.3 Å². The van der Waals surface area contributed by atoms with Crippen molar-refractivity contribution >= 4 is 5.97 Å². The maximum atomic E-state index is 10.3. The summed E-state index contributed by atoms with van der Waals surface area (Å²) in [5.74, 6) is -0.491. The molecule has 0 bridgehead atoms. The first-order valence-corrected chi connectivity index (χ1v) is 4.44. The fourth-order valence-electron chi connectivity index (χ4n) is 1.35. The van der Waals surface area contributed by atoms with Crippen molar-refractivity contribution < 1.29 is 19.3 Å². The predicted molar refractivity (Wildman–Crippen MR) is 44.0 cm³/mol. The van der Waals surface area contributed by atoms with Gasteiger partial charge in [-0.1, -0.05) is 11.6 Å². The Balaban J connectivity index is 2.01. The van der Waals surface area contributed by atoms with Crippen LogP contribution < -0.4 is 4.74 Å². The van der Waals surface area contributed by atoms with Gasteiger partial charge in [-0.2, -0.15) is 0 Å². The molecule has 6 nitrogen and oxygen atoms in total. The van der Waals surface area contributed by atoms with Crippen LogP contribution in [0, 0.1) is 0 Å². The van der Waals surface area contributed by atoms with Gasteiger partial charge in [0.15, 0.2) is 12.3 Å². The fourth-order valence-corrected chi connectivity index (χ4v) is 1.35. The van der Waals surface area contributed by atoms with Crippen LogP contribution in [0.4, 0.5) is 0 Å². The SMILES string of the molecule is O=C(O)COc1nonc1C1CCC1. The zero-order valence-corrected chi connectivity index (χ0v) is 7.47. The second-order valence-corrected chi connectivity index (χ2v) is 3.26. The predicted octanol–water partition coefficient (Wildman–Crippen LogP) is 0.800.